The second kappa shape index (κ2) is 54.1. The summed E-state index contributed by atoms with van der Waals surface area (Å²) in [6, 6.07) is 0. The van der Waals surface area contributed by atoms with Crippen molar-refractivity contribution in [2.45, 2.75) is 264 Å². The highest BCUT2D eigenvalue weighted by Gasteiger charge is 2.25. The fourth-order valence-corrected chi connectivity index (χ4v) is 8.63. The Balaban J connectivity index is 3.90. The van der Waals surface area contributed by atoms with Gasteiger partial charge in [-0.2, -0.15) is 0 Å². The van der Waals surface area contributed by atoms with E-state index in [0.29, 0.717) is 13.0 Å². The van der Waals surface area contributed by atoms with Gasteiger partial charge in [-0.1, -0.05) is 235 Å². The van der Waals surface area contributed by atoms with Crippen molar-refractivity contribution in [3.8, 4) is 0 Å². The van der Waals surface area contributed by atoms with Crippen molar-refractivity contribution in [2.24, 2.45) is 5.73 Å². The van der Waals surface area contributed by atoms with Crippen LogP contribution < -0.4 is 5.73 Å². The van der Waals surface area contributed by atoms with Crippen LogP contribution in [0.3, 0.4) is 0 Å². The second-order valence-electron chi connectivity index (χ2n) is 18.4. The molecule has 0 radical (unpaired) electrons. The van der Waals surface area contributed by atoms with Gasteiger partial charge in [-0.3, -0.25) is 13.8 Å². The first-order chi connectivity index (χ1) is 32.4. The predicted octanol–water partition coefficient (Wildman–Crippen LogP) is 17.7. The molecule has 0 aliphatic carbocycles. The van der Waals surface area contributed by atoms with E-state index in [1.165, 1.54) is 180 Å². The molecule has 2 atom stereocenters. The zero-order valence-electron chi connectivity index (χ0n) is 43.2. The Morgan fingerprint density at radius 2 is 0.848 bits per heavy atom. The molecule has 2 unspecified atom stereocenters. The van der Waals surface area contributed by atoms with Crippen LogP contribution in [0.5, 0.6) is 0 Å². The average molecular weight is 948 g/mol. The van der Waals surface area contributed by atoms with Gasteiger partial charge in [-0.05, 0) is 77.0 Å². The first kappa shape index (κ1) is 64.2. The smallest absolute Gasteiger partial charge is 0.457 e. The molecule has 0 aliphatic heterocycles. The van der Waals surface area contributed by atoms with Gasteiger partial charge in [-0.25, -0.2) is 4.57 Å². The maximum Gasteiger partial charge on any atom is 0.472 e. The minimum Gasteiger partial charge on any atom is -0.457 e. The highest BCUT2D eigenvalue weighted by molar-refractivity contribution is 7.47. The molecule has 0 aromatic heterocycles. The van der Waals surface area contributed by atoms with Crippen LogP contribution in [0.25, 0.3) is 0 Å². The lowest BCUT2D eigenvalue weighted by Gasteiger charge is -2.20. The maximum atomic E-state index is 12.7. The number of carbonyl (C=O) groups is 1. The molecule has 3 N–H and O–H groups in total. The number of allylic oxidation sites excluding steroid dienone is 10. The SMILES string of the molecule is CC/C=C\C/C=C\C/C=C\C/C=C\CCCCCCCCCCCCCCC(=O)OC(COCCCCCCCCCCCC/C=C\CCCCCCCCCC)COP(=O)(O)OCCN. The average Bonchev–Trinajstić information content (AvgIpc) is 3.31. The highest BCUT2D eigenvalue weighted by Crippen LogP contribution is 2.43. The van der Waals surface area contributed by atoms with Crippen LogP contribution in [0.2, 0.25) is 0 Å². The molecule has 0 saturated carbocycles. The van der Waals surface area contributed by atoms with Gasteiger partial charge in [0.05, 0.1) is 19.8 Å². The van der Waals surface area contributed by atoms with E-state index in [1.807, 2.05) is 0 Å². The van der Waals surface area contributed by atoms with E-state index in [9.17, 15) is 14.3 Å². The van der Waals surface area contributed by atoms with Crippen LogP contribution in [-0.4, -0.2) is 49.9 Å². The van der Waals surface area contributed by atoms with Gasteiger partial charge in [-0.15, -0.1) is 0 Å². The molecule has 8 nitrogen and oxygen atoms in total. The fraction of sp³-hybridized carbons (Fsp3) is 0.807. The number of ether oxygens (including phenoxy) is 2. The Kier molecular flexibility index (Phi) is 52.7. The number of hydrogen-bond acceptors (Lipinski definition) is 7. The summed E-state index contributed by atoms with van der Waals surface area (Å²) in [5.41, 5.74) is 5.40. The predicted molar refractivity (Wildman–Crippen MR) is 284 cm³/mol. The Hall–Kier alpha value is -1.80. The van der Waals surface area contributed by atoms with Crippen LogP contribution in [0, 0.1) is 0 Å². The summed E-state index contributed by atoms with van der Waals surface area (Å²) < 4.78 is 33.7. The lowest BCUT2D eigenvalue weighted by Crippen LogP contribution is -2.28. The van der Waals surface area contributed by atoms with Crippen molar-refractivity contribution in [2.75, 3.05) is 33.0 Å². The van der Waals surface area contributed by atoms with E-state index < -0.39 is 13.9 Å². The van der Waals surface area contributed by atoms with Crippen molar-refractivity contribution < 1.29 is 32.8 Å². The van der Waals surface area contributed by atoms with Crippen molar-refractivity contribution in [3.05, 3.63) is 60.8 Å². The molecule has 0 aromatic carbocycles. The second-order valence-corrected chi connectivity index (χ2v) is 19.9. The molecule has 0 aliphatic rings. The number of hydrogen-bond donors (Lipinski definition) is 2. The lowest BCUT2D eigenvalue weighted by molar-refractivity contribution is -0.154. The van der Waals surface area contributed by atoms with E-state index in [4.69, 9.17) is 24.3 Å². The van der Waals surface area contributed by atoms with E-state index in [-0.39, 0.29) is 32.3 Å². The molecule has 0 fully saturated rings. The van der Waals surface area contributed by atoms with E-state index in [1.54, 1.807) is 0 Å². The maximum absolute atomic E-state index is 12.7. The minimum absolute atomic E-state index is 0.0970. The molecular formula is C57H106NO7P. The van der Waals surface area contributed by atoms with Gasteiger partial charge < -0.3 is 20.1 Å². The van der Waals surface area contributed by atoms with Gasteiger partial charge in [0.15, 0.2) is 0 Å². The topological polar surface area (TPSA) is 117 Å². The standard InChI is InChI=1S/C57H106NO7P/c1-3-5-7-9-11-13-15-17-19-21-23-25-27-28-29-30-32-34-36-38-40-42-44-46-48-50-57(59)65-56(55-64-66(60,61)63-53-51-58)54-62-52-49-47-45-43-41-39-37-35-33-31-26-24-22-20-18-16-14-12-10-8-6-4-2/h5,7,11,13,17,19,22-25,56H,3-4,6,8-10,12,14-16,18,20-21,26-55,58H2,1-2H3,(H,60,61)/b7-5-,13-11-,19-17-,24-22-,25-23-. The van der Waals surface area contributed by atoms with Crippen LogP contribution in [0.15, 0.2) is 60.8 Å². The Labute approximate surface area is 408 Å². The highest BCUT2D eigenvalue weighted by atomic mass is 31.2. The number of nitrogens with two attached hydrogens (primary N) is 1. The number of phosphoric acid groups is 1. The molecule has 386 valence electrons. The Morgan fingerprint density at radius 1 is 0.470 bits per heavy atom. The van der Waals surface area contributed by atoms with Crippen molar-refractivity contribution >= 4 is 13.8 Å². The summed E-state index contributed by atoms with van der Waals surface area (Å²) in [6.45, 7) is 4.84. The molecule has 0 aromatic rings. The van der Waals surface area contributed by atoms with E-state index in [0.717, 1.165) is 57.8 Å². The normalized spacial score (nSPS) is 13.7. The molecule has 66 heavy (non-hydrogen) atoms. The Morgan fingerprint density at radius 3 is 1.29 bits per heavy atom. The van der Waals surface area contributed by atoms with Crippen LogP contribution >= 0.6 is 7.82 Å². The molecule has 0 heterocycles. The van der Waals surface area contributed by atoms with Crippen molar-refractivity contribution in [3.63, 3.8) is 0 Å². The molecule has 9 heteroatoms. The largest absolute Gasteiger partial charge is 0.472 e. The molecule has 0 amide bonds. The first-order valence-corrected chi connectivity index (χ1v) is 29.3. The zero-order valence-corrected chi connectivity index (χ0v) is 44.1. The van der Waals surface area contributed by atoms with Gasteiger partial charge in [0, 0.05) is 19.6 Å². The summed E-state index contributed by atoms with van der Waals surface area (Å²) in [4.78, 5) is 22.7. The first-order valence-electron chi connectivity index (χ1n) is 27.8. The number of unbranched alkanes of at least 4 members (excludes halogenated alkanes) is 30. The Bertz CT molecular complexity index is 1200. The summed E-state index contributed by atoms with van der Waals surface area (Å²) >= 11 is 0. The fourth-order valence-electron chi connectivity index (χ4n) is 7.87. The van der Waals surface area contributed by atoms with E-state index in [2.05, 4.69) is 74.6 Å². The van der Waals surface area contributed by atoms with Crippen LogP contribution in [-0.2, 0) is 27.9 Å². The molecule has 0 spiro atoms. The van der Waals surface area contributed by atoms with Crippen molar-refractivity contribution in [1.29, 1.82) is 0 Å². The van der Waals surface area contributed by atoms with Gasteiger partial charge in [0.2, 0.25) is 0 Å². The summed E-state index contributed by atoms with van der Waals surface area (Å²) in [5, 5.41) is 0. The number of carbonyl (C=O) groups excluding carboxylic acids is 1. The van der Waals surface area contributed by atoms with Gasteiger partial charge >= 0.3 is 13.8 Å². The monoisotopic (exact) mass is 948 g/mol. The summed E-state index contributed by atoms with van der Waals surface area (Å²) in [7, 11) is -4.29. The van der Waals surface area contributed by atoms with Crippen molar-refractivity contribution in [1.82, 2.24) is 0 Å². The molecular weight excluding hydrogens is 842 g/mol. The van der Waals surface area contributed by atoms with Crippen LogP contribution in [0.1, 0.15) is 258 Å². The summed E-state index contributed by atoms with van der Waals surface area (Å²) in [5.74, 6) is -0.331. The lowest BCUT2D eigenvalue weighted by atomic mass is 10.0. The number of phosphoric ester groups is 1. The molecule has 0 rings (SSSR count). The zero-order chi connectivity index (χ0) is 48.0. The third-order valence-electron chi connectivity index (χ3n) is 11.9. The van der Waals surface area contributed by atoms with E-state index >= 15 is 0 Å². The third-order valence-corrected chi connectivity index (χ3v) is 12.9. The molecule has 0 bridgehead atoms. The minimum atomic E-state index is -4.29. The van der Waals surface area contributed by atoms with Gasteiger partial charge in [0.1, 0.15) is 6.10 Å². The molecule has 0 saturated heterocycles. The third kappa shape index (κ3) is 53.2. The quantitative estimate of drug-likeness (QED) is 0.0268. The number of esters is 1. The van der Waals surface area contributed by atoms with Gasteiger partial charge in [0.25, 0.3) is 0 Å². The summed E-state index contributed by atoms with van der Waals surface area (Å²) in [6.07, 6.45) is 68.4. The number of rotatable bonds is 53. The van der Waals surface area contributed by atoms with Crippen LogP contribution in [0.4, 0.5) is 0 Å².